The first-order valence-electron chi connectivity index (χ1n) is 3.86. The molecule has 1 aromatic carbocycles. The molecular weight excluding hydrogens is 248 g/mol. The Morgan fingerprint density at radius 3 is 2.00 bits per heavy atom. The van der Waals surface area contributed by atoms with Gasteiger partial charge in [0.2, 0.25) is 0 Å². The Balaban J connectivity index is -0.0000000704. The molecule has 6 nitrogen and oxygen atoms in total. The number of hydrogen-bond donors (Lipinski definition) is 3. The number of phenols is 1. The quantitative estimate of drug-likeness (QED) is 0.466. The molecule has 0 aliphatic carbocycles. The summed E-state index contributed by atoms with van der Waals surface area (Å²) in [7, 11) is 0. The predicted octanol–water partition coefficient (Wildman–Crippen LogP) is -7.07. The molecule has 0 aliphatic heterocycles. The second-order valence-electron chi connectivity index (χ2n) is 2.82. The van der Waals surface area contributed by atoms with Gasteiger partial charge in [0.05, 0.1) is 0 Å². The van der Waals surface area contributed by atoms with Crippen LogP contribution in [0.15, 0.2) is 24.3 Å². The zero-order chi connectivity index (χ0) is 9.84. The number of carboxylic acids is 1. The van der Waals surface area contributed by atoms with Crippen molar-refractivity contribution in [3.05, 3.63) is 29.8 Å². The van der Waals surface area contributed by atoms with Gasteiger partial charge in [-0.3, -0.25) is 4.79 Å². The molecule has 8 N–H and O–H groups in total. The van der Waals surface area contributed by atoms with Crippen LogP contribution in [0, 0.1) is 0 Å². The molecule has 0 heterocycles. The van der Waals surface area contributed by atoms with Crippen LogP contribution >= 0.6 is 0 Å². The van der Waals surface area contributed by atoms with E-state index in [1.165, 1.54) is 12.1 Å². The van der Waals surface area contributed by atoms with Crippen molar-refractivity contribution in [2.24, 2.45) is 5.73 Å². The summed E-state index contributed by atoms with van der Waals surface area (Å²) < 4.78 is 0. The van der Waals surface area contributed by atoms with E-state index in [2.05, 4.69) is 0 Å². The molecule has 8 heteroatoms. The van der Waals surface area contributed by atoms with E-state index >= 15 is 0 Å². The van der Waals surface area contributed by atoms with Crippen LogP contribution in [0.3, 0.4) is 0 Å². The third-order valence-corrected chi connectivity index (χ3v) is 1.71. The zero-order valence-corrected chi connectivity index (χ0v) is 14.0. The van der Waals surface area contributed by atoms with Crippen LogP contribution in [-0.2, 0) is 11.2 Å². The van der Waals surface area contributed by atoms with Crippen molar-refractivity contribution in [3.63, 3.8) is 0 Å². The molecule has 17 heavy (non-hydrogen) atoms. The molecule has 0 bridgehead atoms. The number of hydrogen-bond acceptors (Lipinski definition) is 3. The van der Waals surface area contributed by atoms with Gasteiger partial charge in [-0.1, -0.05) is 12.1 Å². The molecule has 0 aliphatic rings. The molecule has 1 unspecified atom stereocenters. The van der Waals surface area contributed by atoms with Gasteiger partial charge in [0.25, 0.3) is 0 Å². The summed E-state index contributed by atoms with van der Waals surface area (Å²) in [5.41, 5.74) is 6.12. The number of rotatable bonds is 3. The van der Waals surface area contributed by atoms with E-state index in [0.717, 1.165) is 5.56 Å². The fourth-order valence-electron chi connectivity index (χ4n) is 0.973. The molecule has 0 radical (unpaired) electrons. The van der Waals surface area contributed by atoms with E-state index in [4.69, 9.17) is 15.9 Å². The Morgan fingerprint density at radius 2 is 1.65 bits per heavy atom. The molecule has 90 valence electrons. The topological polar surface area (TPSA) is 147 Å². The second kappa shape index (κ2) is 12.8. The normalized spacial score (nSPS) is 9.47. The van der Waals surface area contributed by atoms with Gasteiger partial charge in [0.15, 0.2) is 0 Å². The molecule has 0 spiro atoms. The third-order valence-electron chi connectivity index (χ3n) is 1.71. The Kier molecular flexibility index (Phi) is 19.6. The number of benzene rings is 1. The number of aliphatic carboxylic acids is 1. The van der Waals surface area contributed by atoms with E-state index in [0.29, 0.717) is 0 Å². The molecule has 0 saturated carbocycles. The number of nitrogens with two attached hydrogens (primary N) is 1. The molecule has 0 fully saturated rings. The van der Waals surface area contributed by atoms with Crippen LogP contribution < -0.4 is 64.8 Å². The minimum atomic E-state index is -1.02. The van der Waals surface area contributed by atoms with Gasteiger partial charge in [-0.15, -0.1) is 0 Å². The summed E-state index contributed by atoms with van der Waals surface area (Å²) in [6.45, 7) is 0. The summed E-state index contributed by atoms with van der Waals surface area (Å²) in [5.74, 6) is -0.860. The molecule has 1 aromatic rings. The molecule has 1 rings (SSSR count). The summed E-state index contributed by atoms with van der Waals surface area (Å²) in [6.07, 6.45) is 0.273. The molecule has 1 atom stereocenters. The minimum absolute atomic E-state index is 0. The Bertz CT molecular complexity index is 316. The van der Waals surface area contributed by atoms with Crippen LogP contribution in [0.4, 0.5) is 0 Å². The smallest absolute Gasteiger partial charge is 1.00 e. The van der Waals surface area contributed by atoms with E-state index in [1.807, 2.05) is 0 Å². The summed E-state index contributed by atoms with van der Waals surface area (Å²) in [5, 5.41) is 17.5. The average molecular weight is 265 g/mol. The first kappa shape index (κ1) is 26.0. The van der Waals surface area contributed by atoms with E-state index in [1.54, 1.807) is 12.1 Å². The van der Waals surface area contributed by atoms with Crippen molar-refractivity contribution < 1.29 is 87.9 Å². The fraction of sp³-hybridized carbons (Fsp3) is 0.222. The van der Waals surface area contributed by atoms with Crippen LogP contribution in [0.1, 0.15) is 8.42 Å². The van der Waals surface area contributed by atoms with Crippen molar-refractivity contribution in [3.8, 4) is 5.75 Å². The van der Waals surface area contributed by atoms with Gasteiger partial charge in [0, 0.05) is 0 Å². The van der Waals surface area contributed by atoms with Gasteiger partial charge in [0.1, 0.15) is 11.8 Å². The number of aromatic hydroxyl groups is 1. The van der Waals surface area contributed by atoms with Gasteiger partial charge < -0.3 is 29.8 Å². The molecule has 0 aromatic heterocycles. The average Bonchev–Trinajstić information content (AvgIpc) is 2.08. The van der Waals surface area contributed by atoms with Crippen molar-refractivity contribution in [2.45, 2.75) is 12.5 Å². The SMILES string of the molecule is NC(Cc1ccc(O)cc1)C(=O)O.O.O.[H-].[H-].[Na+].[Na+]. The van der Waals surface area contributed by atoms with Gasteiger partial charge in [-0.2, -0.15) is 0 Å². The van der Waals surface area contributed by atoms with Gasteiger partial charge in [-0.25, -0.2) is 0 Å². The first-order valence-corrected chi connectivity index (χ1v) is 3.86. The van der Waals surface area contributed by atoms with E-state index < -0.39 is 12.0 Å². The second-order valence-corrected chi connectivity index (χ2v) is 2.82. The Morgan fingerprint density at radius 1 is 1.24 bits per heavy atom. The molecule has 0 saturated heterocycles. The monoisotopic (exact) mass is 265 g/mol. The van der Waals surface area contributed by atoms with Crippen LogP contribution in [0.2, 0.25) is 0 Å². The zero-order valence-electron chi connectivity index (χ0n) is 12.0. The van der Waals surface area contributed by atoms with Crippen LogP contribution in [0.5, 0.6) is 5.75 Å². The van der Waals surface area contributed by atoms with Crippen LogP contribution in [-0.4, -0.2) is 33.2 Å². The van der Waals surface area contributed by atoms with Gasteiger partial charge in [-0.05, 0) is 24.1 Å². The van der Waals surface area contributed by atoms with Crippen LogP contribution in [0.25, 0.3) is 0 Å². The predicted molar refractivity (Wildman–Crippen MR) is 56.9 cm³/mol. The first-order chi connectivity index (χ1) is 6.09. The number of carbonyl (C=O) groups is 1. The maximum absolute atomic E-state index is 10.4. The summed E-state index contributed by atoms with van der Waals surface area (Å²) in [4.78, 5) is 10.4. The van der Waals surface area contributed by atoms with Crippen molar-refractivity contribution >= 4 is 5.97 Å². The van der Waals surface area contributed by atoms with E-state index in [9.17, 15) is 4.79 Å². The Labute approximate surface area is 146 Å². The number of phenolic OH excluding ortho intramolecular Hbond substituents is 1. The molecular formula is C9H17NNa2O5. The largest absolute Gasteiger partial charge is 1.00 e. The van der Waals surface area contributed by atoms with Crippen molar-refractivity contribution in [1.82, 2.24) is 0 Å². The van der Waals surface area contributed by atoms with Crippen molar-refractivity contribution in [2.75, 3.05) is 0 Å². The maximum atomic E-state index is 10.4. The van der Waals surface area contributed by atoms with E-state index in [-0.39, 0.29) is 85.1 Å². The van der Waals surface area contributed by atoms with Gasteiger partial charge >= 0.3 is 65.1 Å². The summed E-state index contributed by atoms with van der Waals surface area (Å²) in [6, 6.07) is 5.42. The fourth-order valence-corrected chi connectivity index (χ4v) is 0.973. The third kappa shape index (κ3) is 10.0. The standard InChI is InChI=1S/C9H11NO3.2Na.2H2O.2H/c10-8(9(12)13)5-6-1-3-7(11)4-2-6;;;;;;/h1-4,8,11H,5,10H2,(H,12,13);;;2*1H2;;/q;2*+1;;;2*-1. The summed E-state index contributed by atoms with van der Waals surface area (Å²) >= 11 is 0. The molecule has 0 amide bonds. The Hall–Kier alpha value is 0.370. The minimum Gasteiger partial charge on any atom is -1.00 e. The maximum Gasteiger partial charge on any atom is 1.00 e. The number of carboxylic acid groups (broad SMARTS) is 1. The van der Waals surface area contributed by atoms with Crippen molar-refractivity contribution in [1.29, 1.82) is 0 Å².